The van der Waals surface area contributed by atoms with Crippen LogP contribution in [0.3, 0.4) is 0 Å². The first-order valence-electron chi connectivity index (χ1n) is 8.37. The average molecular weight is 386 g/mol. The van der Waals surface area contributed by atoms with Crippen LogP contribution < -0.4 is 0 Å². The normalized spacial score (nSPS) is 16.0. The van der Waals surface area contributed by atoms with E-state index in [9.17, 15) is 18.5 Å². The van der Waals surface area contributed by atoms with Crippen molar-refractivity contribution in [3.63, 3.8) is 0 Å². The van der Waals surface area contributed by atoms with Crippen molar-refractivity contribution >= 4 is 15.7 Å². The Hall–Kier alpha value is -2.80. The molecule has 0 aliphatic carbocycles. The molecule has 3 rings (SSSR count). The number of nitro benzene ring substituents is 1. The van der Waals surface area contributed by atoms with Crippen LogP contribution in [0.4, 0.5) is 5.69 Å². The van der Waals surface area contributed by atoms with Gasteiger partial charge in [-0.15, -0.1) is 0 Å². The summed E-state index contributed by atoms with van der Waals surface area (Å²) in [5, 5.41) is 20.1. The number of hydrogen-bond acceptors (Lipinski definition) is 6. The van der Waals surface area contributed by atoms with E-state index in [1.54, 1.807) is 6.07 Å². The number of piperazine rings is 1. The minimum atomic E-state index is -3.92. The molecular formula is C18H18N4O4S. The Morgan fingerprint density at radius 3 is 2.44 bits per heavy atom. The van der Waals surface area contributed by atoms with Crippen molar-refractivity contribution in [3.8, 4) is 6.07 Å². The molecule has 0 unspecified atom stereocenters. The highest BCUT2D eigenvalue weighted by Gasteiger charge is 2.33. The minimum Gasteiger partial charge on any atom is -0.296 e. The molecule has 1 fully saturated rings. The van der Waals surface area contributed by atoms with Crippen molar-refractivity contribution in [2.75, 3.05) is 26.2 Å². The zero-order valence-electron chi connectivity index (χ0n) is 14.5. The quantitative estimate of drug-likeness (QED) is 0.574. The predicted octanol–water partition coefficient (Wildman–Crippen LogP) is 1.97. The summed E-state index contributed by atoms with van der Waals surface area (Å²) < 4.78 is 26.9. The molecule has 0 aromatic heterocycles. The van der Waals surface area contributed by atoms with Gasteiger partial charge in [0.15, 0.2) is 4.90 Å². The summed E-state index contributed by atoms with van der Waals surface area (Å²) >= 11 is 0. The lowest BCUT2D eigenvalue weighted by molar-refractivity contribution is -0.387. The van der Waals surface area contributed by atoms with Gasteiger partial charge in [0, 0.05) is 38.8 Å². The van der Waals surface area contributed by atoms with E-state index in [0.29, 0.717) is 25.2 Å². The topological polar surface area (TPSA) is 108 Å². The molecule has 0 bridgehead atoms. The van der Waals surface area contributed by atoms with E-state index in [4.69, 9.17) is 5.26 Å². The molecule has 1 saturated heterocycles. The first kappa shape index (κ1) is 19.0. The van der Waals surface area contributed by atoms with Gasteiger partial charge in [-0.2, -0.15) is 9.57 Å². The smallest absolute Gasteiger partial charge is 0.289 e. The van der Waals surface area contributed by atoms with E-state index in [-0.39, 0.29) is 18.0 Å². The molecule has 27 heavy (non-hydrogen) atoms. The lowest BCUT2D eigenvalue weighted by atomic mass is 10.1. The lowest BCUT2D eigenvalue weighted by Gasteiger charge is -2.33. The summed E-state index contributed by atoms with van der Waals surface area (Å²) in [5.74, 6) is 0. The van der Waals surface area contributed by atoms with Crippen LogP contribution in [0.15, 0.2) is 53.4 Å². The summed E-state index contributed by atoms with van der Waals surface area (Å²) in [5.41, 5.74) is 1.17. The molecule has 9 heteroatoms. The van der Waals surface area contributed by atoms with E-state index in [2.05, 4.69) is 11.0 Å². The van der Waals surface area contributed by atoms with Gasteiger partial charge in [-0.05, 0) is 23.8 Å². The van der Waals surface area contributed by atoms with Gasteiger partial charge >= 0.3 is 0 Å². The van der Waals surface area contributed by atoms with E-state index in [0.717, 1.165) is 5.56 Å². The van der Waals surface area contributed by atoms with E-state index >= 15 is 0 Å². The Balaban J connectivity index is 1.70. The number of rotatable bonds is 5. The van der Waals surface area contributed by atoms with Crippen LogP contribution in [0.5, 0.6) is 0 Å². The monoisotopic (exact) mass is 386 g/mol. The van der Waals surface area contributed by atoms with Crippen LogP contribution in [0.2, 0.25) is 0 Å². The number of sulfonamides is 1. The SMILES string of the molecule is N#Cc1cccc(CN2CCN(S(=O)(=O)c3ccccc3[N+](=O)[O-])CC2)c1. The van der Waals surface area contributed by atoms with Gasteiger partial charge in [-0.3, -0.25) is 15.0 Å². The molecule has 8 nitrogen and oxygen atoms in total. The van der Waals surface area contributed by atoms with Gasteiger partial charge in [0.25, 0.3) is 5.69 Å². The molecule has 0 atom stereocenters. The fourth-order valence-corrected chi connectivity index (χ4v) is 4.67. The zero-order chi connectivity index (χ0) is 19.4. The molecule has 140 valence electrons. The minimum absolute atomic E-state index is 0.256. The number of benzene rings is 2. The fraction of sp³-hybridized carbons (Fsp3) is 0.278. The Morgan fingerprint density at radius 2 is 1.78 bits per heavy atom. The molecular weight excluding hydrogens is 368 g/mol. The molecule has 2 aromatic carbocycles. The Kier molecular flexibility index (Phi) is 5.51. The fourth-order valence-electron chi connectivity index (χ4n) is 3.09. The van der Waals surface area contributed by atoms with Crippen LogP contribution in [0.1, 0.15) is 11.1 Å². The standard InChI is InChI=1S/C18H18N4O4S/c19-13-15-4-3-5-16(12-15)14-20-8-10-21(11-9-20)27(25,26)18-7-2-1-6-17(18)22(23)24/h1-7,12H,8-11,14H2. The van der Waals surface area contributed by atoms with Gasteiger partial charge in [0.1, 0.15) is 0 Å². The Morgan fingerprint density at radius 1 is 1.07 bits per heavy atom. The first-order valence-corrected chi connectivity index (χ1v) is 9.81. The third-order valence-corrected chi connectivity index (χ3v) is 6.42. The summed E-state index contributed by atoms with van der Waals surface area (Å²) in [4.78, 5) is 12.3. The third kappa shape index (κ3) is 4.14. The van der Waals surface area contributed by atoms with Crippen molar-refractivity contribution in [2.45, 2.75) is 11.4 Å². The maximum Gasteiger partial charge on any atom is 0.289 e. The highest BCUT2D eigenvalue weighted by molar-refractivity contribution is 7.89. The van der Waals surface area contributed by atoms with Gasteiger partial charge in [-0.25, -0.2) is 8.42 Å². The Bertz CT molecular complexity index is 992. The van der Waals surface area contributed by atoms with Crippen molar-refractivity contribution in [2.24, 2.45) is 0 Å². The highest BCUT2D eigenvalue weighted by Crippen LogP contribution is 2.27. The van der Waals surface area contributed by atoms with Crippen molar-refractivity contribution < 1.29 is 13.3 Å². The summed E-state index contributed by atoms with van der Waals surface area (Å²) in [7, 11) is -3.92. The molecule has 0 spiro atoms. The van der Waals surface area contributed by atoms with Crippen LogP contribution in [0, 0.1) is 21.4 Å². The highest BCUT2D eigenvalue weighted by atomic mass is 32.2. The van der Waals surface area contributed by atoms with Gasteiger partial charge < -0.3 is 0 Å². The summed E-state index contributed by atoms with van der Waals surface area (Å²) in [6.45, 7) is 2.15. The molecule has 0 amide bonds. The van der Waals surface area contributed by atoms with E-state index in [1.165, 1.54) is 28.6 Å². The first-order chi connectivity index (χ1) is 12.9. The van der Waals surface area contributed by atoms with Gasteiger partial charge in [0.2, 0.25) is 10.0 Å². The number of hydrogen-bond donors (Lipinski definition) is 0. The molecule has 0 saturated carbocycles. The average Bonchev–Trinajstić information content (AvgIpc) is 2.68. The van der Waals surface area contributed by atoms with E-state index < -0.39 is 20.6 Å². The second kappa shape index (κ2) is 7.84. The number of nitriles is 1. The lowest BCUT2D eigenvalue weighted by Crippen LogP contribution is -2.48. The van der Waals surface area contributed by atoms with Crippen molar-refractivity contribution in [1.82, 2.24) is 9.21 Å². The second-order valence-corrected chi connectivity index (χ2v) is 8.12. The third-order valence-electron chi connectivity index (χ3n) is 4.47. The van der Waals surface area contributed by atoms with Crippen LogP contribution in [-0.4, -0.2) is 48.7 Å². The maximum absolute atomic E-state index is 12.8. The molecule has 1 aliphatic heterocycles. The van der Waals surface area contributed by atoms with Crippen molar-refractivity contribution in [1.29, 1.82) is 5.26 Å². The predicted molar refractivity (Wildman–Crippen MR) is 98.3 cm³/mol. The zero-order valence-corrected chi connectivity index (χ0v) is 15.3. The molecule has 2 aromatic rings. The number of nitrogens with zero attached hydrogens (tertiary/aromatic N) is 4. The number of para-hydroxylation sites is 1. The summed E-state index contributed by atoms with van der Waals surface area (Å²) in [6, 6.07) is 14.8. The van der Waals surface area contributed by atoms with E-state index in [1.807, 2.05) is 18.2 Å². The molecule has 1 aliphatic rings. The summed E-state index contributed by atoms with van der Waals surface area (Å²) in [6.07, 6.45) is 0. The maximum atomic E-state index is 12.8. The number of nitro groups is 1. The Labute approximate surface area is 157 Å². The van der Waals surface area contributed by atoms with Gasteiger partial charge in [-0.1, -0.05) is 24.3 Å². The van der Waals surface area contributed by atoms with Crippen LogP contribution in [0.25, 0.3) is 0 Å². The second-order valence-electron chi connectivity index (χ2n) is 6.22. The molecule has 0 radical (unpaired) electrons. The van der Waals surface area contributed by atoms with Crippen molar-refractivity contribution in [3.05, 3.63) is 69.8 Å². The van der Waals surface area contributed by atoms with Crippen LogP contribution in [-0.2, 0) is 16.6 Å². The molecule has 1 heterocycles. The van der Waals surface area contributed by atoms with Crippen LogP contribution >= 0.6 is 0 Å². The van der Waals surface area contributed by atoms with Gasteiger partial charge in [0.05, 0.1) is 16.6 Å². The molecule has 0 N–H and O–H groups in total. The largest absolute Gasteiger partial charge is 0.296 e.